The number of rotatable bonds is 3. The van der Waals surface area contributed by atoms with Crippen LogP contribution in [0.5, 0.6) is 0 Å². The lowest BCUT2D eigenvalue weighted by molar-refractivity contribution is -0.115. The molecule has 1 aromatic heterocycles. The molecule has 2 aromatic carbocycles. The van der Waals surface area contributed by atoms with Gasteiger partial charge in [-0.15, -0.1) is 0 Å². The van der Waals surface area contributed by atoms with E-state index < -0.39 is 0 Å². The first-order chi connectivity index (χ1) is 10.1. The van der Waals surface area contributed by atoms with Gasteiger partial charge in [-0.05, 0) is 30.7 Å². The van der Waals surface area contributed by atoms with Gasteiger partial charge in [0.15, 0.2) is 0 Å². The third-order valence-corrected chi connectivity index (χ3v) is 3.46. The van der Waals surface area contributed by atoms with E-state index in [0.717, 1.165) is 26.9 Å². The average Bonchev–Trinajstić information content (AvgIpc) is 2.78. The third kappa shape index (κ3) is 2.74. The molecule has 0 aliphatic heterocycles. The van der Waals surface area contributed by atoms with Crippen molar-refractivity contribution in [1.29, 1.82) is 0 Å². The largest absolute Gasteiger partial charge is 0.428 e. The van der Waals surface area contributed by atoms with E-state index in [-0.39, 0.29) is 12.3 Å². The molecule has 0 saturated carbocycles. The summed E-state index contributed by atoms with van der Waals surface area (Å²) in [6, 6.07) is 15.1. The number of aryl methyl sites for hydroxylation is 1. The molecule has 0 bridgehead atoms. The molecule has 4 nitrogen and oxygen atoms in total. The molecule has 3 aromatic rings. The Labute approximate surface area is 122 Å². The maximum absolute atomic E-state index is 12.1. The van der Waals surface area contributed by atoms with Crippen molar-refractivity contribution in [3.8, 4) is 0 Å². The van der Waals surface area contributed by atoms with Crippen molar-refractivity contribution in [1.82, 2.24) is 4.73 Å². The molecule has 3 rings (SSSR count). The van der Waals surface area contributed by atoms with Gasteiger partial charge in [0, 0.05) is 17.3 Å². The maximum Gasteiger partial charge on any atom is 0.228 e. The highest BCUT2D eigenvalue weighted by molar-refractivity contribution is 5.95. The molecule has 21 heavy (non-hydrogen) atoms. The van der Waals surface area contributed by atoms with Gasteiger partial charge in [0.05, 0.1) is 11.9 Å². The second-order valence-corrected chi connectivity index (χ2v) is 5.11. The fourth-order valence-corrected chi connectivity index (χ4v) is 2.39. The Morgan fingerprint density at radius 1 is 1.14 bits per heavy atom. The molecule has 0 unspecified atom stereocenters. The fraction of sp³-hybridized carbons (Fsp3) is 0.118. The zero-order valence-electron chi connectivity index (χ0n) is 11.7. The lowest BCUT2D eigenvalue weighted by Gasteiger charge is -2.05. The minimum absolute atomic E-state index is 0.102. The second kappa shape index (κ2) is 5.32. The van der Waals surface area contributed by atoms with Crippen LogP contribution in [0.3, 0.4) is 0 Å². The molecule has 0 fully saturated rings. The maximum atomic E-state index is 12.1. The zero-order chi connectivity index (χ0) is 14.8. The summed E-state index contributed by atoms with van der Waals surface area (Å²) in [6.07, 6.45) is 1.81. The zero-order valence-corrected chi connectivity index (χ0v) is 11.7. The molecule has 1 heterocycles. The predicted octanol–water partition coefficient (Wildman–Crippen LogP) is 3.37. The first kappa shape index (κ1) is 13.2. The van der Waals surface area contributed by atoms with E-state index in [0.29, 0.717) is 5.52 Å². The summed E-state index contributed by atoms with van der Waals surface area (Å²) >= 11 is 0. The molecule has 0 spiro atoms. The van der Waals surface area contributed by atoms with E-state index in [1.807, 2.05) is 55.5 Å². The lowest BCUT2D eigenvalue weighted by Crippen LogP contribution is -2.14. The first-order valence-corrected chi connectivity index (χ1v) is 6.78. The van der Waals surface area contributed by atoms with Gasteiger partial charge in [0.2, 0.25) is 5.91 Å². The van der Waals surface area contributed by atoms with Crippen LogP contribution >= 0.6 is 0 Å². The number of amides is 1. The van der Waals surface area contributed by atoms with Crippen molar-refractivity contribution in [3.05, 3.63) is 65.9 Å². The van der Waals surface area contributed by atoms with Crippen LogP contribution in [0.1, 0.15) is 11.1 Å². The highest BCUT2D eigenvalue weighted by Gasteiger charge is 2.11. The molecule has 106 valence electrons. The van der Waals surface area contributed by atoms with Crippen LogP contribution in [0.25, 0.3) is 10.9 Å². The van der Waals surface area contributed by atoms with E-state index >= 15 is 0 Å². The second-order valence-electron chi connectivity index (χ2n) is 5.11. The normalized spacial score (nSPS) is 10.7. The number of hydrogen-bond donors (Lipinski definition) is 2. The summed E-state index contributed by atoms with van der Waals surface area (Å²) in [4.78, 5) is 12.1. The van der Waals surface area contributed by atoms with Crippen molar-refractivity contribution in [2.75, 3.05) is 5.32 Å². The average molecular weight is 280 g/mol. The lowest BCUT2D eigenvalue weighted by atomic mass is 10.1. The minimum Gasteiger partial charge on any atom is -0.428 e. The van der Waals surface area contributed by atoms with Gasteiger partial charge < -0.3 is 10.5 Å². The number of hydrogen-bond acceptors (Lipinski definition) is 2. The summed E-state index contributed by atoms with van der Waals surface area (Å²) in [5, 5.41) is 13.6. The first-order valence-electron chi connectivity index (χ1n) is 6.78. The quantitative estimate of drug-likeness (QED) is 0.723. The van der Waals surface area contributed by atoms with Crippen LogP contribution in [-0.2, 0) is 11.2 Å². The number of nitrogens with one attached hydrogen (secondary N) is 1. The Morgan fingerprint density at radius 2 is 1.86 bits per heavy atom. The standard InChI is InChI=1S/C17H16N2O2/c1-12-6-8-14(9-7-12)18-17(20)10-13-11-19(21)16-5-3-2-4-15(13)16/h2-9,11,21H,10H2,1H3,(H,18,20). The van der Waals surface area contributed by atoms with Crippen molar-refractivity contribution in [2.24, 2.45) is 0 Å². The number of fused-ring (bicyclic) bond motifs is 1. The summed E-state index contributed by atoms with van der Waals surface area (Å²) in [5.74, 6) is -0.102. The third-order valence-electron chi connectivity index (χ3n) is 3.46. The van der Waals surface area contributed by atoms with Gasteiger partial charge in [0.1, 0.15) is 0 Å². The van der Waals surface area contributed by atoms with Crippen molar-refractivity contribution < 1.29 is 10.0 Å². The Balaban J connectivity index is 1.79. The predicted molar refractivity (Wildman–Crippen MR) is 82.6 cm³/mol. The Morgan fingerprint density at radius 3 is 2.62 bits per heavy atom. The van der Waals surface area contributed by atoms with Crippen LogP contribution in [0, 0.1) is 6.92 Å². The molecule has 0 atom stereocenters. The highest BCUT2D eigenvalue weighted by Crippen LogP contribution is 2.21. The molecular formula is C17H16N2O2. The van der Waals surface area contributed by atoms with E-state index in [1.54, 1.807) is 6.20 Å². The van der Waals surface area contributed by atoms with Crippen molar-refractivity contribution in [2.45, 2.75) is 13.3 Å². The molecule has 0 saturated heterocycles. The van der Waals surface area contributed by atoms with Crippen LogP contribution in [0.2, 0.25) is 0 Å². The van der Waals surface area contributed by atoms with Crippen LogP contribution < -0.4 is 5.32 Å². The number of carbonyl (C=O) groups excluding carboxylic acids is 1. The molecule has 0 radical (unpaired) electrons. The van der Waals surface area contributed by atoms with E-state index in [4.69, 9.17) is 0 Å². The number of para-hydroxylation sites is 1. The molecule has 4 heteroatoms. The van der Waals surface area contributed by atoms with Gasteiger partial charge in [-0.1, -0.05) is 35.9 Å². The molecule has 0 aliphatic rings. The highest BCUT2D eigenvalue weighted by atomic mass is 16.5. The number of benzene rings is 2. The molecule has 0 aliphatic carbocycles. The molecular weight excluding hydrogens is 264 g/mol. The molecule has 1 amide bonds. The monoisotopic (exact) mass is 280 g/mol. The summed E-state index contributed by atoms with van der Waals surface area (Å²) in [7, 11) is 0. The number of aromatic nitrogens is 1. The SMILES string of the molecule is Cc1ccc(NC(=O)Cc2cn(O)c3ccccc23)cc1. The van der Waals surface area contributed by atoms with Crippen LogP contribution in [-0.4, -0.2) is 15.8 Å². The number of anilines is 1. The van der Waals surface area contributed by atoms with E-state index in [1.165, 1.54) is 0 Å². The summed E-state index contributed by atoms with van der Waals surface area (Å²) in [6.45, 7) is 2.00. The summed E-state index contributed by atoms with van der Waals surface area (Å²) < 4.78 is 1.06. The van der Waals surface area contributed by atoms with Gasteiger partial charge in [0.25, 0.3) is 0 Å². The topological polar surface area (TPSA) is 54.3 Å². The van der Waals surface area contributed by atoms with Crippen LogP contribution in [0.4, 0.5) is 5.69 Å². The molecule has 2 N–H and O–H groups in total. The Kier molecular flexibility index (Phi) is 3.36. The summed E-state index contributed by atoms with van der Waals surface area (Å²) in [5.41, 5.74) is 3.43. The van der Waals surface area contributed by atoms with Gasteiger partial charge in [-0.25, -0.2) is 0 Å². The van der Waals surface area contributed by atoms with E-state index in [9.17, 15) is 10.0 Å². The van der Waals surface area contributed by atoms with Gasteiger partial charge in [-0.2, -0.15) is 4.73 Å². The smallest absolute Gasteiger partial charge is 0.228 e. The van der Waals surface area contributed by atoms with Crippen LogP contribution in [0.15, 0.2) is 54.7 Å². The van der Waals surface area contributed by atoms with Crippen molar-refractivity contribution in [3.63, 3.8) is 0 Å². The Bertz CT molecular complexity index is 788. The Hall–Kier alpha value is -2.75. The van der Waals surface area contributed by atoms with Crippen molar-refractivity contribution >= 4 is 22.5 Å². The van der Waals surface area contributed by atoms with Gasteiger partial charge >= 0.3 is 0 Å². The minimum atomic E-state index is -0.102. The van der Waals surface area contributed by atoms with Gasteiger partial charge in [-0.3, -0.25) is 4.79 Å². The number of nitrogens with zero attached hydrogens (tertiary/aromatic N) is 1. The van der Waals surface area contributed by atoms with E-state index in [2.05, 4.69) is 5.32 Å². The number of carbonyl (C=O) groups is 1. The fourth-order valence-electron chi connectivity index (χ4n) is 2.39.